The van der Waals surface area contributed by atoms with Crippen molar-refractivity contribution >= 4 is 35.1 Å². The molecule has 108 valence electrons. The number of oxime groups is 1. The minimum absolute atomic E-state index is 0.0283. The number of rotatable bonds is 5. The highest BCUT2D eigenvalue weighted by molar-refractivity contribution is 6.42. The molecule has 0 aromatic heterocycles. The van der Waals surface area contributed by atoms with E-state index >= 15 is 0 Å². The van der Waals surface area contributed by atoms with Gasteiger partial charge in [0.1, 0.15) is 6.61 Å². The van der Waals surface area contributed by atoms with Crippen molar-refractivity contribution in [3.63, 3.8) is 0 Å². The number of nitrogens with zero attached hydrogens (tertiary/aromatic N) is 2. The van der Waals surface area contributed by atoms with Crippen LogP contribution in [0, 0.1) is 10.1 Å². The number of hydrogen-bond donors (Lipinski definition) is 0. The Bertz CT molecular complexity index is 690. The average molecular weight is 325 g/mol. The quantitative estimate of drug-likeness (QED) is 0.463. The van der Waals surface area contributed by atoms with Gasteiger partial charge in [0, 0.05) is 6.07 Å². The zero-order valence-electron chi connectivity index (χ0n) is 10.7. The molecular formula is C14H10Cl2N2O3. The van der Waals surface area contributed by atoms with Gasteiger partial charge in [0.15, 0.2) is 0 Å². The summed E-state index contributed by atoms with van der Waals surface area (Å²) in [5, 5.41) is 15.4. The molecule has 2 aromatic carbocycles. The minimum atomic E-state index is -0.472. The van der Waals surface area contributed by atoms with Gasteiger partial charge >= 0.3 is 0 Å². The van der Waals surface area contributed by atoms with Gasteiger partial charge in [0.05, 0.1) is 26.7 Å². The number of halogens is 2. The largest absolute Gasteiger partial charge is 0.391 e. The summed E-state index contributed by atoms with van der Waals surface area (Å²) in [6.07, 6.45) is 1.30. The number of benzene rings is 2. The monoisotopic (exact) mass is 324 g/mol. The van der Waals surface area contributed by atoms with E-state index in [9.17, 15) is 10.1 Å². The van der Waals surface area contributed by atoms with Gasteiger partial charge in [-0.3, -0.25) is 10.1 Å². The molecule has 0 aliphatic rings. The van der Waals surface area contributed by atoms with Crippen LogP contribution in [0.15, 0.2) is 47.6 Å². The summed E-state index contributed by atoms with van der Waals surface area (Å²) in [4.78, 5) is 15.4. The molecule has 5 nitrogen and oxygen atoms in total. The number of para-hydroxylation sites is 1. The summed E-state index contributed by atoms with van der Waals surface area (Å²) in [5.41, 5.74) is 1.14. The second-order valence-corrected chi connectivity index (χ2v) is 4.89. The third-order valence-corrected chi connectivity index (χ3v) is 3.35. The van der Waals surface area contributed by atoms with E-state index < -0.39 is 4.92 Å². The van der Waals surface area contributed by atoms with Crippen molar-refractivity contribution in [2.24, 2.45) is 5.16 Å². The van der Waals surface area contributed by atoms with E-state index in [0.29, 0.717) is 15.6 Å². The van der Waals surface area contributed by atoms with Crippen molar-refractivity contribution < 1.29 is 9.76 Å². The maximum absolute atomic E-state index is 10.8. The standard InChI is InChI=1S/C14H10Cl2N2O3/c15-12-6-5-10(7-13(12)16)9-21-17-8-11-3-1-2-4-14(11)18(19)20/h1-8H,9H2/b17-8+. The van der Waals surface area contributed by atoms with Crippen molar-refractivity contribution in [1.82, 2.24) is 0 Å². The molecule has 7 heteroatoms. The van der Waals surface area contributed by atoms with E-state index in [4.69, 9.17) is 28.0 Å². The summed E-state index contributed by atoms with van der Waals surface area (Å²) in [7, 11) is 0. The topological polar surface area (TPSA) is 64.7 Å². The Morgan fingerprint density at radius 3 is 2.67 bits per heavy atom. The SMILES string of the molecule is O=[N+]([O-])c1ccccc1/C=N/OCc1ccc(Cl)c(Cl)c1. The lowest BCUT2D eigenvalue weighted by atomic mass is 10.2. The molecule has 0 unspecified atom stereocenters. The Balaban J connectivity index is 2.00. The Hall–Kier alpha value is -2.11. The van der Waals surface area contributed by atoms with Crippen molar-refractivity contribution in [2.75, 3.05) is 0 Å². The fraction of sp³-hybridized carbons (Fsp3) is 0.0714. The van der Waals surface area contributed by atoms with Gasteiger partial charge in [-0.05, 0) is 23.8 Å². The molecule has 0 atom stereocenters. The van der Waals surface area contributed by atoms with Crippen LogP contribution in [0.3, 0.4) is 0 Å². The van der Waals surface area contributed by atoms with Gasteiger partial charge in [0.2, 0.25) is 0 Å². The first-order chi connectivity index (χ1) is 10.1. The second-order valence-electron chi connectivity index (χ2n) is 4.07. The summed E-state index contributed by atoms with van der Waals surface area (Å²) in [6.45, 7) is 0.189. The molecule has 0 bridgehead atoms. The summed E-state index contributed by atoms with van der Waals surface area (Å²) in [5.74, 6) is 0. The maximum Gasteiger partial charge on any atom is 0.278 e. The molecule has 2 aromatic rings. The predicted molar refractivity (Wildman–Crippen MR) is 81.9 cm³/mol. The van der Waals surface area contributed by atoms with Crippen LogP contribution in [0.25, 0.3) is 0 Å². The van der Waals surface area contributed by atoms with Crippen LogP contribution in [-0.2, 0) is 11.4 Å². The van der Waals surface area contributed by atoms with Gasteiger partial charge in [-0.15, -0.1) is 0 Å². The minimum Gasteiger partial charge on any atom is -0.391 e. The van der Waals surface area contributed by atoms with Crippen LogP contribution in [-0.4, -0.2) is 11.1 Å². The Morgan fingerprint density at radius 1 is 1.19 bits per heavy atom. The fourth-order valence-corrected chi connectivity index (χ4v) is 1.92. The molecule has 0 amide bonds. The lowest BCUT2D eigenvalue weighted by Crippen LogP contribution is -1.94. The average Bonchev–Trinajstić information content (AvgIpc) is 2.47. The van der Waals surface area contributed by atoms with E-state index in [1.807, 2.05) is 0 Å². The third kappa shape index (κ3) is 4.18. The fourth-order valence-electron chi connectivity index (χ4n) is 1.60. The van der Waals surface area contributed by atoms with Crippen LogP contribution in [0.1, 0.15) is 11.1 Å². The normalized spacial score (nSPS) is 10.8. The van der Waals surface area contributed by atoms with Crippen molar-refractivity contribution in [2.45, 2.75) is 6.61 Å². The van der Waals surface area contributed by atoms with Crippen molar-refractivity contribution in [3.8, 4) is 0 Å². The Morgan fingerprint density at radius 2 is 1.95 bits per heavy atom. The number of nitro groups is 1. The molecule has 0 aliphatic heterocycles. The first kappa shape index (κ1) is 15.3. The van der Waals surface area contributed by atoms with E-state index in [0.717, 1.165) is 5.56 Å². The van der Waals surface area contributed by atoms with E-state index in [1.165, 1.54) is 12.3 Å². The third-order valence-electron chi connectivity index (χ3n) is 2.62. The molecule has 0 saturated carbocycles. The number of nitro benzene ring substituents is 1. The van der Waals surface area contributed by atoms with Gasteiger partial charge in [0.25, 0.3) is 5.69 Å². The highest BCUT2D eigenvalue weighted by Crippen LogP contribution is 2.23. The van der Waals surface area contributed by atoms with Crippen LogP contribution in [0.2, 0.25) is 10.0 Å². The van der Waals surface area contributed by atoms with Gasteiger partial charge in [-0.25, -0.2) is 0 Å². The zero-order chi connectivity index (χ0) is 15.2. The van der Waals surface area contributed by atoms with Crippen LogP contribution in [0.5, 0.6) is 0 Å². The number of hydrogen-bond acceptors (Lipinski definition) is 4. The second kappa shape index (κ2) is 7.06. The van der Waals surface area contributed by atoms with Crippen LogP contribution < -0.4 is 0 Å². The molecule has 0 N–H and O–H groups in total. The van der Waals surface area contributed by atoms with Gasteiger partial charge in [-0.2, -0.15) is 0 Å². The lowest BCUT2D eigenvalue weighted by Gasteiger charge is -2.02. The first-order valence-electron chi connectivity index (χ1n) is 5.90. The summed E-state index contributed by atoms with van der Waals surface area (Å²) in [6, 6.07) is 11.4. The zero-order valence-corrected chi connectivity index (χ0v) is 12.2. The predicted octanol–water partition coefficient (Wildman–Crippen LogP) is 4.45. The lowest BCUT2D eigenvalue weighted by molar-refractivity contribution is -0.385. The van der Waals surface area contributed by atoms with Crippen LogP contribution in [0.4, 0.5) is 5.69 Å². The van der Waals surface area contributed by atoms with E-state index in [1.54, 1.807) is 36.4 Å². The van der Waals surface area contributed by atoms with E-state index in [-0.39, 0.29) is 12.3 Å². The summed E-state index contributed by atoms with van der Waals surface area (Å²) >= 11 is 11.7. The molecule has 2 rings (SSSR count). The van der Waals surface area contributed by atoms with Gasteiger partial charge in [-0.1, -0.05) is 46.6 Å². The maximum atomic E-state index is 10.8. The molecule has 0 spiro atoms. The molecule has 0 heterocycles. The van der Waals surface area contributed by atoms with Crippen molar-refractivity contribution in [3.05, 3.63) is 73.8 Å². The molecule has 0 fully saturated rings. The molecule has 0 aliphatic carbocycles. The van der Waals surface area contributed by atoms with Crippen molar-refractivity contribution in [1.29, 1.82) is 0 Å². The van der Waals surface area contributed by atoms with Crippen LogP contribution >= 0.6 is 23.2 Å². The molecular weight excluding hydrogens is 315 g/mol. The highest BCUT2D eigenvalue weighted by Gasteiger charge is 2.09. The first-order valence-corrected chi connectivity index (χ1v) is 6.66. The molecule has 0 saturated heterocycles. The van der Waals surface area contributed by atoms with E-state index in [2.05, 4.69) is 5.16 Å². The molecule has 0 radical (unpaired) electrons. The molecule has 21 heavy (non-hydrogen) atoms. The highest BCUT2D eigenvalue weighted by atomic mass is 35.5. The summed E-state index contributed by atoms with van der Waals surface area (Å²) < 4.78 is 0. The Kier molecular flexibility index (Phi) is 5.14. The van der Waals surface area contributed by atoms with Gasteiger partial charge < -0.3 is 4.84 Å². The smallest absolute Gasteiger partial charge is 0.278 e. The Labute approximate surface area is 130 Å².